The predicted molar refractivity (Wildman–Crippen MR) is 126 cm³/mol. The van der Waals surface area contributed by atoms with Crippen molar-refractivity contribution in [1.82, 2.24) is 10.6 Å². The van der Waals surface area contributed by atoms with Gasteiger partial charge in [-0.1, -0.05) is 42.5 Å². The molecule has 0 spiro atoms. The smallest absolute Gasteiger partial charge is 0.246 e. The molecule has 0 aliphatic carbocycles. The summed E-state index contributed by atoms with van der Waals surface area (Å²) in [4.78, 5) is 12.0. The van der Waals surface area contributed by atoms with Crippen LogP contribution in [0.1, 0.15) is 41.7 Å². The number of nitrogens with one attached hydrogen (secondary N) is 2. The van der Waals surface area contributed by atoms with Crippen LogP contribution in [0.2, 0.25) is 0 Å². The second-order valence-corrected chi connectivity index (χ2v) is 11.5. The number of hydrogen-bond donors (Lipinski definition) is 3. The summed E-state index contributed by atoms with van der Waals surface area (Å²) < 4.78 is 47.8. The maximum absolute atomic E-state index is 15.3. The number of carbonyl (C=O) groups is 1. The SMILES string of the molecule is C[C@@H]1NC[C@@H](c2ccccc2)S(=O)(=O)C1Cc1ccc(C2(NC(=O)CO)CCOCC2)cc1F. The monoisotopic (exact) mass is 490 g/mol. The number of halogens is 1. The summed E-state index contributed by atoms with van der Waals surface area (Å²) in [6.45, 7) is 2.28. The summed E-state index contributed by atoms with van der Waals surface area (Å²) in [6.07, 6.45) is 0.952. The van der Waals surface area contributed by atoms with Crippen molar-refractivity contribution in [3.05, 3.63) is 71.0 Å². The molecule has 4 rings (SSSR count). The number of aliphatic hydroxyl groups excluding tert-OH is 1. The first-order valence-electron chi connectivity index (χ1n) is 11.6. The van der Waals surface area contributed by atoms with E-state index in [1.165, 1.54) is 6.07 Å². The summed E-state index contributed by atoms with van der Waals surface area (Å²) in [5.41, 5.74) is 0.791. The van der Waals surface area contributed by atoms with Crippen molar-refractivity contribution in [2.75, 3.05) is 26.4 Å². The second kappa shape index (κ2) is 10.1. The molecule has 2 aliphatic heterocycles. The van der Waals surface area contributed by atoms with Crippen LogP contribution in [0.5, 0.6) is 0 Å². The van der Waals surface area contributed by atoms with Crippen molar-refractivity contribution in [2.45, 2.75) is 48.3 Å². The normalized spacial score (nSPS) is 26.0. The van der Waals surface area contributed by atoms with E-state index in [-0.39, 0.29) is 12.5 Å². The summed E-state index contributed by atoms with van der Waals surface area (Å²) in [5.74, 6) is -1.04. The number of sulfone groups is 1. The predicted octanol–water partition coefficient (Wildman–Crippen LogP) is 2.00. The van der Waals surface area contributed by atoms with Gasteiger partial charge in [0.05, 0.1) is 16.0 Å². The number of rotatable bonds is 6. The molecule has 0 bridgehead atoms. The largest absolute Gasteiger partial charge is 0.387 e. The maximum atomic E-state index is 15.3. The minimum Gasteiger partial charge on any atom is -0.387 e. The molecule has 2 heterocycles. The fraction of sp³-hybridized carbons (Fsp3) is 0.480. The molecule has 1 amide bonds. The van der Waals surface area contributed by atoms with Crippen LogP contribution < -0.4 is 10.6 Å². The number of amides is 1. The summed E-state index contributed by atoms with van der Waals surface area (Å²) in [5, 5.41) is 13.9. The van der Waals surface area contributed by atoms with E-state index in [9.17, 15) is 18.3 Å². The molecule has 2 aliphatic rings. The van der Waals surface area contributed by atoms with E-state index < -0.39 is 44.2 Å². The highest BCUT2D eigenvalue weighted by Gasteiger charge is 2.43. The highest BCUT2D eigenvalue weighted by atomic mass is 32.2. The van der Waals surface area contributed by atoms with E-state index in [0.29, 0.717) is 43.7 Å². The van der Waals surface area contributed by atoms with Gasteiger partial charge in [-0.05, 0) is 48.9 Å². The Bertz CT molecular complexity index is 1120. The van der Waals surface area contributed by atoms with E-state index in [1.54, 1.807) is 24.3 Å². The Hall–Kier alpha value is -2.33. The van der Waals surface area contributed by atoms with Crippen molar-refractivity contribution in [3.63, 3.8) is 0 Å². The van der Waals surface area contributed by atoms with E-state index in [4.69, 9.17) is 4.74 Å². The van der Waals surface area contributed by atoms with Gasteiger partial charge in [-0.2, -0.15) is 0 Å². The van der Waals surface area contributed by atoms with Gasteiger partial charge in [-0.3, -0.25) is 4.79 Å². The highest BCUT2D eigenvalue weighted by Crippen LogP contribution is 2.35. The first kappa shape index (κ1) is 24.8. The zero-order chi connectivity index (χ0) is 24.3. The van der Waals surface area contributed by atoms with Crippen LogP contribution >= 0.6 is 0 Å². The number of ether oxygens (including phenoxy) is 1. The Morgan fingerprint density at radius 3 is 2.56 bits per heavy atom. The van der Waals surface area contributed by atoms with E-state index >= 15 is 4.39 Å². The van der Waals surface area contributed by atoms with E-state index in [2.05, 4.69) is 10.6 Å². The van der Waals surface area contributed by atoms with Gasteiger partial charge < -0.3 is 20.5 Å². The van der Waals surface area contributed by atoms with E-state index in [0.717, 1.165) is 5.56 Å². The molecule has 0 saturated carbocycles. The molecule has 0 radical (unpaired) electrons. The molecule has 7 nitrogen and oxygen atoms in total. The van der Waals surface area contributed by atoms with Gasteiger partial charge in [-0.25, -0.2) is 12.8 Å². The molecule has 9 heteroatoms. The van der Waals surface area contributed by atoms with Gasteiger partial charge >= 0.3 is 0 Å². The second-order valence-electron chi connectivity index (χ2n) is 9.13. The molecular formula is C25H31FN2O5S. The maximum Gasteiger partial charge on any atom is 0.246 e. The molecule has 2 fully saturated rings. The lowest BCUT2D eigenvalue weighted by molar-refractivity contribution is -0.127. The Morgan fingerprint density at radius 1 is 1.21 bits per heavy atom. The third-order valence-corrected chi connectivity index (χ3v) is 9.72. The average Bonchev–Trinajstić information content (AvgIpc) is 2.83. The van der Waals surface area contributed by atoms with Crippen LogP contribution in [0.4, 0.5) is 4.39 Å². The van der Waals surface area contributed by atoms with Crippen LogP contribution in [-0.2, 0) is 31.3 Å². The summed E-state index contributed by atoms with van der Waals surface area (Å²) >= 11 is 0. The van der Waals surface area contributed by atoms with Gasteiger partial charge in [0.15, 0.2) is 9.84 Å². The molecule has 3 N–H and O–H groups in total. The Balaban J connectivity index is 1.61. The van der Waals surface area contributed by atoms with Gasteiger partial charge in [-0.15, -0.1) is 0 Å². The van der Waals surface area contributed by atoms with Crippen molar-refractivity contribution in [3.8, 4) is 0 Å². The quantitative estimate of drug-likeness (QED) is 0.572. The Labute approximate surface area is 199 Å². The van der Waals surface area contributed by atoms with Crippen LogP contribution in [0.15, 0.2) is 48.5 Å². The van der Waals surface area contributed by atoms with Crippen molar-refractivity contribution in [2.24, 2.45) is 0 Å². The van der Waals surface area contributed by atoms with Gasteiger partial charge in [0.2, 0.25) is 5.91 Å². The molecule has 2 aromatic rings. The van der Waals surface area contributed by atoms with Crippen molar-refractivity contribution in [1.29, 1.82) is 0 Å². The zero-order valence-corrected chi connectivity index (χ0v) is 20.0. The third-order valence-electron chi connectivity index (χ3n) is 7.07. The van der Waals surface area contributed by atoms with Crippen LogP contribution in [0.3, 0.4) is 0 Å². The lowest BCUT2D eigenvalue weighted by Crippen LogP contribution is -2.53. The highest BCUT2D eigenvalue weighted by molar-refractivity contribution is 7.92. The molecule has 3 atom stereocenters. The Morgan fingerprint density at radius 2 is 1.91 bits per heavy atom. The van der Waals surface area contributed by atoms with Crippen LogP contribution in [-0.4, -0.2) is 57.1 Å². The summed E-state index contributed by atoms with van der Waals surface area (Å²) in [7, 11) is -3.57. The molecule has 2 aromatic carbocycles. The molecule has 1 unspecified atom stereocenters. The molecule has 2 saturated heterocycles. The number of benzene rings is 2. The minimum absolute atomic E-state index is 0.0467. The number of hydrogen-bond acceptors (Lipinski definition) is 6. The third kappa shape index (κ3) is 4.88. The Kier molecular flexibility index (Phi) is 7.37. The standard InChI is InChI=1S/C25H31FN2O5S/c1-17-22(34(31,32)23(15-27-17)18-5-3-2-4-6-18)13-19-7-8-20(14-21(19)26)25(28-24(30)16-29)9-11-33-12-10-25/h2-8,14,17,22-23,27,29H,9-13,15-16H2,1H3,(H,28,30)/t17-,22?,23-/m0/s1. The fourth-order valence-electron chi connectivity index (χ4n) is 5.04. The van der Waals surface area contributed by atoms with Crippen molar-refractivity contribution < 1.29 is 27.4 Å². The zero-order valence-electron chi connectivity index (χ0n) is 19.2. The number of aliphatic hydroxyl groups is 1. The number of carbonyl (C=O) groups excluding carboxylic acids is 1. The molecular weight excluding hydrogens is 459 g/mol. The van der Waals surface area contributed by atoms with Crippen LogP contribution in [0, 0.1) is 5.82 Å². The topological polar surface area (TPSA) is 105 Å². The fourth-order valence-corrected chi connectivity index (χ4v) is 7.41. The lowest BCUT2D eigenvalue weighted by Gasteiger charge is -2.39. The first-order chi connectivity index (χ1) is 16.3. The lowest BCUT2D eigenvalue weighted by atomic mass is 9.82. The molecule has 34 heavy (non-hydrogen) atoms. The first-order valence-corrected chi connectivity index (χ1v) is 13.2. The van der Waals surface area contributed by atoms with Gasteiger partial charge in [0.1, 0.15) is 12.4 Å². The van der Waals surface area contributed by atoms with Gasteiger partial charge in [0, 0.05) is 25.8 Å². The molecule has 184 valence electrons. The summed E-state index contributed by atoms with van der Waals surface area (Å²) in [6, 6.07) is 13.5. The average molecular weight is 491 g/mol. The molecule has 0 aromatic heterocycles. The minimum atomic E-state index is -3.57. The van der Waals surface area contributed by atoms with Crippen LogP contribution in [0.25, 0.3) is 0 Å². The van der Waals surface area contributed by atoms with Gasteiger partial charge in [0.25, 0.3) is 0 Å². The van der Waals surface area contributed by atoms with Crippen molar-refractivity contribution >= 4 is 15.7 Å². The van der Waals surface area contributed by atoms with E-state index in [1.807, 2.05) is 25.1 Å².